The first kappa shape index (κ1) is 9.83. The topological polar surface area (TPSA) is 61.5 Å². The third kappa shape index (κ3) is 1.75. The molecule has 0 aromatic heterocycles. The number of hydrogen-bond donors (Lipinski definition) is 1. The highest BCUT2D eigenvalue weighted by molar-refractivity contribution is 5.76. The third-order valence-electron chi connectivity index (χ3n) is 2.53. The highest BCUT2D eigenvalue weighted by atomic mass is 16.6. The van der Waals surface area contributed by atoms with Gasteiger partial charge in [-0.05, 0) is 24.5 Å². The van der Waals surface area contributed by atoms with Crippen LogP contribution in [0.1, 0.15) is 12.0 Å². The van der Waals surface area contributed by atoms with Crippen molar-refractivity contribution in [2.24, 2.45) is 0 Å². The van der Waals surface area contributed by atoms with Crippen LogP contribution in [0.3, 0.4) is 0 Å². The van der Waals surface area contributed by atoms with Crippen molar-refractivity contribution < 1.29 is 14.3 Å². The van der Waals surface area contributed by atoms with Gasteiger partial charge in [-0.15, -0.1) is 0 Å². The second kappa shape index (κ2) is 3.81. The molecule has 1 heterocycles. The molecule has 0 saturated carbocycles. The number of carbonyl (C=O) groups is 1. The molecule has 0 bridgehead atoms. The van der Waals surface area contributed by atoms with Crippen LogP contribution in [0.5, 0.6) is 5.75 Å². The van der Waals surface area contributed by atoms with Crippen LogP contribution >= 0.6 is 0 Å². The average Bonchev–Trinajstić information content (AvgIpc) is 2.28. The minimum Gasteiger partial charge on any atom is -0.476 e. The summed E-state index contributed by atoms with van der Waals surface area (Å²) in [5, 5.41) is 0. The Morgan fingerprint density at radius 3 is 3.13 bits per heavy atom. The molecule has 0 radical (unpaired) electrons. The number of nitrogens with two attached hydrogens (primary N) is 1. The Kier molecular flexibility index (Phi) is 2.49. The van der Waals surface area contributed by atoms with E-state index in [2.05, 4.69) is 4.74 Å². The van der Waals surface area contributed by atoms with Crippen LogP contribution < -0.4 is 10.5 Å². The highest BCUT2D eigenvalue weighted by Gasteiger charge is 2.27. The van der Waals surface area contributed by atoms with E-state index in [4.69, 9.17) is 10.5 Å². The number of hydrogen-bond acceptors (Lipinski definition) is 4. The summed E-state index contributed by atoms with van der Waals surface area (Å²) in [6.45, 7) is 0. The number of aryl methyl sites for hydroxylation is 1. The molecule has 2 N–H and O–H groups in total. The van der Waals surface area contributed by atoms with Crippen molar-refractivity contribution in [2.45, 2.75) is 18.9 Å². The Hall–Kier alpha value is -1.71. The molecule has 0 aliphatic carbocycles. The number of nitrogen functional groups attached to an aromatic ring is 1. The molecule has 0 unspecified atom stereocenters. The van der Waals surface area contributed by atoms with Gasteiger partial charge in [-0.2, -0.15) is 0 Å². The molecule has 1 atom stereocenters. The summed E-state index contributed by atoms with van der Waals surface area (Å²) in [7, 11) is 1.36. The number of ether oxygens (including phenoxy) is 2. The average molecular weight is 207 g/mol. The zero-order valence-corrected chi connectivity index (χ0v) is 8.53. The minimum atomic E-state index is -0.521. The maximum atomic E-state index is 11.3. The van der Waals surface area contributed by atoms with Gasteiger partial charge in [0.15, 0.2) is 6.10 Å². The molecule has 0 spiro atoms. The molecular weight excluding hydrogens is 194 g/mol. The van der Waals surface area contributed by atoms with Gasteiger partial charge < -0.3 is 15.2 Å². The van der Waals surface area contributed by atoms with Crippen molar-refractivity contribution in [1.82, 2.24) is 0 Å². The van der Waals surface area contributed by atoms with Crippen molar-refractivity contribution in [1.29, 1.82) is 0 Å². The third-order valence-corrected chi connectivity index (χ3v) is 2.53. The number of rotatable bonds is 1. The van der Waals surface area contributed by atoms with Gasteiger partial charge in [0.05, 0.1) is 12.8 Å². The summed E-state index contributed by atoms with van der Waals surface area (Å²) in [5.74, 6) is 0.281. The second-order valence-electron chi connectivity index (χ2n) is 3.50. The normalized spacial score (nSPS) is 18.9. The van der Waals surface area contributed by atoms with Gasteiger partial charge in [-0.25, -0.2) is 4.79 Å². The number of carbonyl (C=O) groups excluding carboxylic acids is 1. The van der Waals surface area contributed by atoms with Crippen LogP contribution in [-0.2, 0) is 16.0 Å². The fraction of sp³-hybridized carbons (Fsp3) is 0.364. The van der Waals surface area contributed by atoms with Crippen molar-refractivity contribution in [3.8, 4) is 5.75 Å². The van der Waals surface area contributed by atoms with Crippen molar-refractivity contribution in [3.63, 3.8) is 0 Å². The highest BCUT2D eigenvalue weighted by Crippen LogP contribution is 2.33. The fourth-order valence-electron chi connectivity index (χ4n) is 1.73. The first-order chi connectivity index (χ1) is 7.22. The first-order valence-electron chi connectivity index (χ1n) is 4.84. The standard InChI is InChI=1S/C11H13NO3/c1-14-11(13)9-6-5-7-3-2-4-8(12)10(7)15-9/h2-4,9H,5-6,12H2,1H3/t9-/m0/s1. The van der Waals surface area contributed by atoms with Crippen LogP contribution in [-0.4, -0.2) is 19.2 Å². The van der Waals surface area contributed by atoms with Crippen molar-refractivity contribution >= 4 is 11.7 Å². The molecule has 4 heteroatoms. The SMILES string of the molecule is COC(=O)[C@@H]1CCc2cccc(N)c2O1. The lowest BCUT2D eigenvalue weighted by Crippen LogP contribution is -2.32. The van der Waals surface area contributed by atoms with Crippen molar-refractivity contribution in [3.05, 3.63) is 23.8 Å². The Bertz CT molecular complexity index is 389. The molecule has 4 nitrogen and oxygen atoms in total. The summed E-state index contributed by atoms with van der Waals surface area (Å²) < 4.78 is 10.2. The van der Waals surface area contributed by atoms with Gasteiger partial charge in [0.25, 0.3) is 0 Å². The molecule has 80 valence electrons. The molecule has 1 aromatic rings. The van der Waals surface area contributed by atoms with Gasteiger partial charge in [0.2, 0.25) is 0 Å². The van der Waals surface area contributed by atoms with E-state index in [0.29, 0.717) is 17.9 Å². The van der Waals surface area contributed by atoms with Crippen LogP contribution in [0.15, 0.2) is 18.2 Å². The largest absolute Gasteiger partial charge is 0.476 e. The van der Waals surface area contributed by atoms with E-state index in [0.717, 1.165) is 12.0 Å². The smallest absolute Gasteiger partial charge is 0.347 e. The van der Waals surface area contributed by atoms with E-state index in [1.54, 1.807) is 6.07 Å². The Morgan fingerprint density at radius 2 is 2.40 bits per heavy atom. The summed E-state index contributed by atoms with van der Waals surface area (Å²) in [4.78, 5) is 11.3. The predicted octanol–water partition coefficient (Wildman–Crippen LogP) is 1.14. The summed E-state index contributed by atoms with van der Waals surface area (Å²) in [6.07, 6.45) is 0.913. The van der Waals surface area contributed by atoms with Crippen LogP contribution in [0.4, 0.5) is 5.69 Å². The number of para-hydroxylation sites is 1. The lowest BCUT2D eigenvalue weighted by Gasteiger charge is -2.25. The van der Waals surface area contributed by atoms with E-state index in [9.17, 15) is 4.79 Å². The van der Waals surface area contributed by atoms with Gasteiger partial charge in [-0.1, -0.05) is 12.1 Å². The lowest BCUT2D eigenvalue weighted by molar-refractivity contribution is -0.149. The van der Waals surface area contributed by atoms with Gasteiger partial charge >= 0.3 is 5.97 Å². The molecular formula is C11H13NO3. The molecule has 1 aromatic carbocycles. The number of methoxy groups -OCH3 is 1. The maximum absolute atomic E-state index is 11.3. The zero-order valence-electron chi connectivity index (χ0n) is 8.53. The van der Waals surface area contributed by atoms with E-state index in [1.165, 1.54) is 7.11 Å². The van der Waals surface area contributed by atoms with Crippen LogP contribution in [0.2, 0.25) is 0 Å². The van der Waals surface area contributed by atoms with E-state index in [-0.39, 0.29) is 5.97 Å². The summed E-state index contributed by atoms with van der Waals surface area (Å²) in [5.41, 5.74) is 7.39. The molecule has 1 aliphatic rings. The second-order valence-corrected chi connectivity index (χ2v) is 3.50. The molecule has 0 fully saturated rings. The maximum Gasteiger partial charge on any atom is 0.347 e. The van der Waals surface area contributed by atoms with Gasteiger partial charge in [0, 0.05) is 0 Å². The number of benzene rings is 1. The van der Waals surface area contributed by atoms with Gasteiger partial charge in [0.1, 0.15) is 5.75 Å². The van der Waals surface area contributed by atoms with Crippen molar-refractivity contribution in [2.75, 3.05) is 12.8 Å². The molecule has 1 aliphatic heterocycles. The van der Waals surface area contributed by atoms with E-state index < -0.39 is 6.10 Å². The Balaban J connectivity index is 2.26. The Labute approximate surface area is 88.0 Å². The summed E-state index contributed by atoms with van der Waals surface area (Å²) >= 11 is 0. The monoisotopic (exact) mass is 207 g/mol. The Morgan fingerprint density at radius 1 is 1.60 bits per heavy atom. The van der Waals surface area contributed by atoms with E-state index in [1.807, 2.05) is 12.1 Å². The summed E-state index contributed by atoms with van der Waals surface area (Å²) in [6, 6.07) is 5.60. The molecule has 0 amide bonds. The van der Waals surface area contributed by atoms with Gasteiger partial charge in [-0.3, -0.25) is 0 Å². The molecule has 2 rings (SSSR count). The molecule has 15 heavy (non-hydrogen) atoms. The molecule has 0 saturated heterocycles. The number of esters is 1. The minimum absolute atomic E-state index is 0.344. The van der Waals surface area contributed by atoms with E-state index >= 15 is 0 Å². The number of fused-ring (bicyclic) bond motifs is 1. The zero-order chi connectivity index (χ0) is 10.8. The van der Waals surface area contributed by atoms with Crippen LogP contribution in [0.25, 0.3) is 0 Å². The first-order valence-corrected chi connectivity index (χ1v) is 4.84. The predicted molar refractivity (Wildman–Crippen MR) is 55.6 cm³/mol. The van der Waals surface area contributed by atoms with Crippen LogP contribution in [0, 0.1) is 0 Å². The lowest BCUT2D eigenvalue weighted by atomic mass is 10.0. The number of anilines is 1. The fourth-order valence-corrected chi connectivity index (χ4v) is 1.73. The quantitative estimate of drug-likeness (QED) is 0.554.